The van der Waals surface area contributed by atoms with Gasteiger partial charge in [0.2, 0.25) is 10.0 Å². The topological polar surface area (TPSA) is 55.4 Å². The van der Waals surface area contributed by atoms with Crippen LogP contribution in [0.1, 0.15) is 29.7 Å². The standard InChI is InChI=1S/C17H16F5NO3S/c1-11(13-5-3-7-15(9-13)26-16(18)19)23-27(24,25)10-12-4-2-6-14(8-12)17(20,21)22/h2-9,11,16,23H,10H2,1H3. The van der Waals surface area contributed by atoms with E-state index in [4.69, 9.17) is 0 Å². The summed E-state index contributed by atoms with van der Waals surface area (Å²) in [5, 5.41) is 0. The predicted molar refractivity (Wildman–Crippen MR) is 88.7 cm³/mol. The molecule has 0 radical (unpaired) electrons. The molecule has 2 aromatic rings. The van der Waals surface area contributed by atoms with Crippen LogP contribution >= 0.6 is 0 Å². The Morgan fingerprint density at radius 3 is 2.37 bits per heavy atom. The average molecular weight is 409 g/mol. The molecular formula is C17H16F5NO3S. The maximum atomic E-state index is 12.7. The minimum absolute atomic E-state index is 0.0284. The highest BCUT2D eigenvalue weighted by Crippen LogP contribution is 2.30. The summed E-state index contributed by atoms with van der Waals surface area (Å²) in [6, 6.07) is 8.69. The lowest BCUT2D eigenvalue weighted by atomic mass is 10.1. The largest absolute Gasteiger partial charge is 0.435 e. The summed E-state index contributed by atoms with van der Waals surface area (Å²) in [6.45, 7) is -1.54. The zero-order valence-corrected chi connectivity index (χ0v) is 14.8. The molecule has 2 rings (SSSR count). The Hall–Kier alpha value is -2.20. The predicted octanol–water partition coefficient (Wildman–Crippen LogP) is 4.49. The molecule has 10 heteroatoms. The quantitative estimate of drug-likeness (QED) is 0.686. The van der Waals surface area contributed by atoms with Gasteiger partial charge in [-0.1, -0.05) is 30.3 Å². The van der Waals surface area contributed by atoms with Crippen LogP contribution in [0, 0.1) is 0 Å². The van der Waals surface area contributed by atoms with E-state index in [2.05, 4.69) is 9.46 Å². The molecule has 0 aromatic heterocycles. The van der Waals surface area contributed by atoms with Crippen molar-refractivity contribution >= 4 is 10.0 Å². The normalized spacial score (nSPS) is 13.6. The Balaban J connectivity index is 2.12. The van der Waals surface area contributed by atoms with E-state index in [1.54, 1.807) is 0 Å². The molecule has 1 atom stereocenters. The van der Waals surface area contributed by atoms with Crippen LogP contribution < -0.4 is 9.46 Å². The second kappa shape index (κ2) is 8.22. The number of halogens is 5. The maximum absolute atomic E-state index is 12.7. The monoisotopic (exact) mass is 409 g/mol. The maximum Gasteiger partial charge on any atom is 0.416 e. The third-order valence-electron chi connectivity index (χ3n) is 3.55. The van der Waals surface area contributed by atoms with E-state index in [0.717, 1.165) is 18.2 Å². The van der Waals surface area contributed by atoms with Gasteiger partial charge in [-0.05, 0) is 36.2 Å². The summed E-state index contributed by atoms with van der Waals surface area (Å²) >= 11 is 0. The van der Waals surface area contributed by atoms with Crippen LogP contribution in [0.2, 0.25) is 0 Å². The van der Waals surface area contributed by atoms with Gasteiger partial charge in [0, 0.05) is 6.04 Å². The Bertz CT molecular complexity index is 884. The number of nitrogens with one attached hydrogen (secondary N) is 1. The van der Waals surface area contributed by atoms with Gasteiger partial charge < -0.3 is 4.74 Å². The molecule has 0 aliphatic rings. The van der Waals surface area contributed by atoms with Gasteiger partial charge in [0.05, 0.1) is 11.3 Å². The van der Waals surface area contributed by atoms with Gasteiger partial charge in [0.1, 0.15) is 5.75 Å². The van der Waals surface area contributed by atoms with Crippen molar-refractivity contribution < 1.29 is 35.1 Å². The average Bonchev–Trinajstić information content (AvgIpc) is 2.53. The SMILES string of the molecule is CC(NS(=O)(=O)Cc1cccc(C(F)(F)F)c1)c1cccc(OC(F)F)c1. The van der Waals surface area contributed by atoms with E-state index in [0.29, 0.717) is 5.56 Å². The Kier molecular flexibility index (Phi) is 6.42. The van der Waals surface area contributed by atoms with Crippen molar-refractivity contribution in [1.29, 1.82) is 0 Å². The van der Waals surface area contributed by atoms with Gasteiger partial charge in [0.15, 0.2) is 0 Å². The molecule has 0 heterocycles. The Morgan fingerprint density at radius 2 is 1.74 bits per heavy atom. The molecule has 0 bridgehead atoms. The minimum Gasteiger partial charge on any atom is -0.435 e. The van der Waals surface area contributed by atoms with Crippen LogP contribution in [-0.2, 0) is 22.0 Å². The first-order chi connectivity index (χ1) is 12.5. The summed E-state index contributed by atoms with van der Waals surface area (Å²) in [7, 11) is -3.99. The van der Waals surface area contributed by atoms with Crippen LogP contribution in [0.3, 0.4) is 0 Å². The van der Waals surface area contributed by atoms with Crippen LogP contribution in [0.4, 0.5) is 22.0 Å². The van der Waals surface area contributed by atoms with Gasteiger partial charge in [-0.25, -0.2) is 13.1 Å². The second-order valence-corrected chi connectivity index (χ2v) is 7.50. The number of alkyl halides is 5. The van der Waals surface area contributed by atoms with Gasteiger partial charge in [-0.2, -0.15) is 22.0 Å². The number of benzene rings is 2. The van der Waals surface area contributed by atoms with Gasteiger partial charge in [-0.3, -0.25) is 0 Å². The number of rotatable bonds is 7. The smallest absolute Gasteiger partial charge is 0.416 e. The number of hydrogen-bond acceptors (Lipinski definition) is 3. The molecule has 0 saturated carbocycles. The van der Waals surface area contributed by atoms with Gasteiger partial charge in [0.25, 0.3) is 0 Å². The molecule has 0 aliphatic carbocycles. The zero-order chi connectivity index (χ0) is 20.2. The van der Waals surface area contributed by atoms with Crippen LogP contribution in [0.25, 0.3) is 0 Å². The van der Waals surface area contributed by atoms with Crippen LogP contribution in [-0.4, -0.2) is 15.0 Å². The molecule has 0 spiro atoms. The highest BCUT2D eigenvalue weighted by Gasteiger charge is 2.30. The van der Waals surface area contributed by atoms with Crippen molar-refractivity contribution in [3.63, 3.8) is 0 Å². The minimum atomic E-state index is -4.58. The summed E-state index contributed by atoms with van der Waals surface area (Å²) < 4.78 is 93.8. The van der Waals surface area contributed by atoms with E-state index in [-0.39, 0.29) is 11.3 Å². The van der Waals surface area contributed by atoms with E-state index in [1.807, 2.05) is 0 Å². The van der Waals surface area contributed by atoms with E-state index >= 15 is 0 Å². The zero-order valence-electron chi connectivity index (χ0n) is 14.0. The molecule has 0 fully saturated rings. The van der Waals surface area contributed by atoms with Crippen molar-refractivity contribution in [3.05, 3.63) is 65.2 Å². The molecule has 0 saturated heterocycles. The Morgan fingerprint density at radius 1 is 1.07 bits per heavy atom. The molecule has 27 heavy (non-hydrogen) atoms. The van der Waals surface area contributed by atoms with Crippen molar-refractivity contribution in [2.75, 3.05) is 0 Å². The van der Waals surface area contributed by atoms with Crippen LogP contribution in [0.15, 0.2) is 48.5 Å². The highest BCUT2D eigenvalue weighted by molar-refractivity contribution is 7.88. The van der Waals surface area contributed by atoms with Crippen molar-refractivity contribution in [2.24, 2.45) is 0 Å². The fraction of sp³-hybridized carbons (Fsp3) is 0.294. The molecule has 0 amide bonds. The fourth-order valence-electron chi connectivity index (χ4n) is 2.40. The van der Waals surface area contributed by atoms with Crippen molar-refractivity contribution in [2.45, 2.75) is 31.5 Å². The first kappa shape index (κ1) is 21.1. The van der Waals surface area contributed by atoms with Gasteiger partial charge in [-0.15, -0.1) is 0 Å². The number of hydrogen-bond donors (Lipinski definition) is 1. The molecule has 2 aromatic carbocycles. The third kappa shape index (κ3) is 6.47. The van der Waals surface area contributed by atoms with E-state index < -0.39 is 40.2 Å². The first-order valence-corrected chi connectivity index (χ1v) is 9.32. The summed E-state index contributed by atoms with van der Waals surface area (Å²) in [5.41, 5.74) is -0.611. The first-order valence-electron chi connectivity index (χ1n) is 7.67. The molecule has 148 valence electrons. The molecule has 1 N–H and O–H groups in total. The van der Waals surface area contributed by atoms with Crippen molar-refractivity contribution in [3.8, 4) is 5.75 Å². The van der Waals surface area contributed by atoms with E-state index in [1.165, 1.54) is 37.3 Å². The lowest BCUT2D eigenvalue weighted by Crippen LogP contribution is -2.28. The summed E-state index contributed by atoms with van der Waals surface area (Å²) in [5.74, 6) is -0.791. The lowest BCUT2D eigenvalue weighted by molar-refractivity contribution is -0.137. The van der Waals surface area contributed by atoms with Crippen molar-refractivity contribution in [1.82, 2.24) is 4.72 Å². The number of ether oxygens (including phenoxy) is 1. The summed E-state index contributed by atoms with van der Waals surface area (Å²) in [4.78, 5) is 0. The van der Waals surface area contributed by atoms with Gasteiger partial charge >= 0.3 is 12.8 Å². The summed E-state index contributed by atoms with van der Waals surface area (Å²) in [6.07, 6.45) is -4.58. The third-order valence-corrected chi connectivity index (χ3v) is 4.98. The van der Waals surface area contributed by atoms with E-state index in [9.17, 15) is 30.4 Å². The Labute approximate surface area is 153 Å². The molecule has 0 aliphatic heterocycles. The van der Waals surface area contributed by atoms with Crippen LogP contribution in [0.5, 0.6) is 5.75 Å². The second-order valence-electron chi connectivity index (χ2n) is 5.75. The molecule has 1 unspecified atom stereocenters. The lowest BCUT2D eigenvalue weighted by Gasteiger charge is -2.16. The highest BCUT2D eigenvalue weighted by atomic mass is 32.2. The molecule has 4 nitrogen and oxygen atoms in total. The fourth-order valence-corrected chi connectivity index (χ4v) is 3.77. The number of sulfonamides is 1. The molecular weight excluding hydrogens is 393 g/mol.